The van der Waals surface area contributed by atoms with E-state index in [4.69, 9.17) is 0 Å². The van der Waals surface area contributed by atoms with Crippen LogP contribution in [0.15, 0.2) is 16.6 Å². The highest BCUT2D eigenvalue weighted by molar-refractivity contribution is 9.10. The van der Waals surface area contributed by atoms with Crippen LogP contribution in [0.2, 0.25) is 0 Å². The molecule has 0 saturated carbocycles. The van der Waals surface area contributed by atoms with Crippen LogP contribution in [0, 0.1) is 12.7 Å². The maximum Gasteiger partial charge on any atom is 0.251 e. The lowest BCUT2D eigenvalue weighted by Gasteiger charge is -2.06. The second-order valence-corrected chi connectivity index (χ2v) is 3.80. The molecule has 0 radical (unpaired) electrons. The summed E-state index contributed by atoms with van der Waals surface area (Å²) in [5.74, 6) is -0.527. The van der Waals surface area contributed by atoms with Gasteiger partial charge >= 0.3 is 0 Å². The van der Waals surface area contributed by atoms with E-state index < -0.39 is 0 Å². The van der Waals surface area contributed by atoms with Crippen LogP contribution in [0.4, 0.5) is 4.39 Å². The summed E-state index contributed by atoms with van der Waals surface area (Å²) < 4.78 is 13.3. The molecular formula is C10H11BrFNO. The summed E-state index contributed by atoms with van der Waals surface area (Å²) in [7, 11) is 0. The van der Waals surface area contributed by atoms with E-state index in [0.29, 0.717) is 22.1 Å². The quantitative estimate of drug-likeness (QED) is 0.870. The Bertz CT molecular complexity index is 365. The van der Waals surface area contributed by atoms with Gasteiger partial charge in [0.05, 0.1) is 4.47 Å². The van der Waals surface area contributed by atoms with Gasteiger partial charge in [-0.05, 0) is 47.5 Å². The van der Waals surface area contributed by atoms with Crippen molar-refractivity contribution in [2.45, 2.75) is 13.8 Å². The van der Waals surface area contributed by atoms with E-state index in [9.17, 15) is 9.18 Å². The highest BCUT2D eigenvalue weighted by Crippen LogP contribution is 2.20. The molecule has 0 aliphatic rings. The highest BCUT2D eigenvalue weighted by Gasteiger charge is 2.11. The molecule has 1 aromatic rings. The lowest BCUT2D eigenvalue weighted by atomic mass is 10.1. The van der Waals surface area contributed by atoms with Crippen molar-refractivity contribution in [3.8, 4) is 0 Å². The Labute approximate surface area is 90.6 Å². The molecule has 0 aliphatic carbocycles. The van der Waals surface area contributed by atoms with Crippen molar-refractivity contribution in [1.82, 2.24) is 5.32 Å². The van der Waals surface area contributed by atoms with Crippen molar-refractivity contribution in [2.24, 2.45) is 0 Å². The second-order valence-electron chi connectivity index (χ2n) is 2.94. The van der Waals surface area contributed by atoms with E-state index in [1.165, 1.54) is 12.1 Å². The molecule has 1 aromatic carbocycles. The first kappa shape index (κ1) is 11.2. The van der Waals surface area contributed by atoms with Crippen LogP contribution >= 0.6 is 15.9 Å². The number of amides is 1. The number of carbonyl (C=O) groups is 1. The fourth-order valence-electron chi connectivity index (χ4n) is 1.15. The van der Waals surface area contributed by atoms with Crippen LogP contribution < -0.4 is 5.32 Å². The number of carbonyl (C=O) groups excluding carboxylic acids is 1. The number of rotatable bonds is 2. The molecular weight excluding hydrogens is 249 g/mol. The van der Waals surface area contributed by atoms with Gasteiger partial charge in [0.25, 0.3) is 5.91 Å². The molecule has 0 fully saturated rings. The van der Waals surface area contributed by atoms with Gasteiger partial charge in [-0.15, -0.1) is 0 Å². The van der Waals surface area contributed by atoms with Gasteiger partial charge in [-0.2, -0.15) is 0 Å². The molecule has 1 N–H and O–H groups in total. The summed E-state index contributed by atoms with van der Waals surface area (Å²) in [6.07, 6.45) is 0. The van der Waals surface area contributed by atoms with Gasteiger partial charge in [-0.1, -0.05) is 0 Å². The van der Waals surface area contributed by atoms with Gasteiger partial charge in [-0.25, -0.2) is 4.39 Å². The topological polar surface area (TPSA) is 29.1 Å². The van der Waals surface area contributed by atoms with Gasteiger partial charge in [0, 0.05) is 12.1 Å². The summed E-state index contributed by atoms with van der Waals surface area (Å²) in [6.45, 7) is 4.11. The van der Waals surface area contributed by atoms with E-state index in [0.717, 1.165) is 0 Å². The molecule has 2 nitrogen and oxygen atoms in total. The molecule has 1 amide bonds. The third-order valence-corrected chi connectivity index (χ3v) is 2.46. The van der Waals surface area contributed by atoms with Crippen LogP contribution in [0.25, 0.3) is 0 Å². The normalized spacial score (nSPS) is 10.0. The summed E-state index contributed by atoms with van der Waals surface area (Å²) in [5, 5.41) is 2.67. The van der Waals surface area contributed by atoms with E-state index >= 15 is 0 Å². The molecule has 4 heteroatoms. The van der Waals surface area contributed by atoms with E-state index in [1.54, 1.807) is 6.92 Å². The zero-order valence-electron chi connectivity index (χ0n) is 8.03. The number of benzene rings is 1. The van der Waals surface area contributed by atoms with E-state index in [-0.39, 0.29) is 11.7 Å². The predicted octanol–water partition coefficient (Wildman–Crippen LogP) is 2.65. The molecule has 0 unspecified atom stereocenters. The molecule has 76 valence electrons. The van der Waals surface area contributed by atoms with Gasteiger partial charge in [0.2, 0.25) is 0 Å². The Hall–Kier alpha value is -0.900. The monoisotopic (exact) mass is 259 g/mol. The standard InChI is InChI=1S/C10H11BrFNO/c1-3-13-10(14)7-5-8(11)9(12)4-6(7)2/h4-5H,3H2,1-2H3,(H,13,14). The Morgan fingerprint density at radius 2 is 2.21 bits per heavy atom. The minimum Gasteiger partial charge on any atom is -0.352 e. The SMILES string of the molecule is CCNC(=O)c1cc(Br)c(F)cc1C. The fraction of sp³-hybridized carbons (Fsp3) is 0.300. The molecule has 1 rings (SSSR count). The predicted molar refractivity (Wildman–Crippen MR) is 56.8 cm³/mol. The number of hydrogen-bond acceptors (Lipinski definition) is 1. The molecule has 0 spiro atoms. The molecule has 0 atom stereocenters. The third-order valence-electron chi connectivity index (χ3n) is 1.85. The third kappa shape index (κ3) is 2.32. The highest BCUT2D eigenvalue weighted by atomic mass is 79.9. The van der Waals surface area contributed by atoms with E-state index in [1.807, 2.05) is 6.92 Å². The van der Waals surface area contributed by atoms with Crippen molar-refractivity contribution in [1.29, 1.82) is 0 Å². The molecule has 14 heavy (non-hydrogen) atoms. The van der Waals surface area contributed by atoms with Crippen molar-refractivity contribution in [3.05, 3.63) is 33.5 Å². The minimum absolute atomic E-state index is 0.175. The molecule has 0 aliphatic heterocycles. The number of halogens is 2. The summed E-state index contributed by atoms with van der Waals surface area (Å²) in [5.41, 5.74) is 1.14. The van der Waals surface area contributed by atoms with Crippen molar-refractivity contribution in [3.63, 3.8) is 0 Å². The smallest absolute Gasteiger partial charge is 0.251 e. The van der Waals surface area contributed by atoms with Crippen LogP contribution in [0.5, 0.6) is 0 Å². The van der Waals surface area contributed by atoms with Crippen LogP contribution in [0.3, 0.4) is 0 Å². The Kier molecular flexibility index (Phi) is 3.63. The maximum atomic E-state index is 13.0. The van der Waals surface area contributed by atoms with Crippen molar-refractivity contribution < 1.29 is 9.18 Å². The maximum absolute atomic E-state index is 13.0. The Morgan fingerprint density at radius 3 is 2.79 bits per heavy atom. The summed E-state index contributed by atoms with van der Waals surface area (Å²) in [6, 6.07) is 2.84. The summed E-state index contributed by atoms with van der Waals surface area (Å²) in [4.78, 5) is 11.5. The average Bonchev–Trinajstić information content (AvgIpc) is 2.11. The fourth-order valence-corrected chi connectivity index (χ4v) is 1.49. The Balaban J connectivity index is 3.09. The molecule has 0 aromatic heterocycles. The summed E-state index contributed by atoms with van der Waals surface area (Å²) >= 11 is 3.04. The molecule has 0 saturated heterocycles. The zero-order chi connectivity index (χ0) is 10.7. The van der Waals surface area contributed by atoms with Gasteiger partial charge in [0.15, 0.2) is 0 Å². The second kappa shape index (κ2) is 4.55. The van der Waals surface area contributed by atoms with E-state index in [2.05, 4.69) is 21.2 Å². The number of hydrogen-bond donors (Lipinski definition) is 1. The van der Waals surface area contributed by atoms with Gasteiger partial charge in [-0.3, -0.25) is 4.79 Å². The van der Waals surface area contributed by atoms with Gasteiger partial charge < -0.3 is 5.32 Å². The average molecular weight is 260 g/mol. The number of nitrogens with one attached hydrogen (secondary N) is 1. The van der Waals surface area contributed by atoms with Crippen molar-refractivity contribution >= 4 is 21.8 Å². The lowest BCUT2D eigenvalue weighted by Crippen LogP contribution is -2.23. The van der Waals surface area contributed by atoms with Crippen LogP contribution in [-0.2, 0) is 0 Å². The van der Waals surface area contributed by atoms with Crippen LogP contribution in [0.1, 0.15) is 22.8 Å². The minimum atomic E-state index is -0.351. The largest absolute Gasteiger partial charge is 0.352 e. The first-order chi connectivity index (χ1) is 6.56. The van der Waals surface area contributed by atoms with Gasteiger partial charge in [0.1, 0.15) is 5.82 Å². The zero-order valence-corrected chi connectivity index (χ0v) is 9.61. The first-order valence-corrected chi connectivity index (χ1v) is 5.09. The first-order valence-electron chi connectivity index (χ1n) is 4.30. The van der Waals surface area contributed by atoms with Crippen molar-refractivity contribution in [2.75, 3.05) is 6.54 Å². The molecule has 0 heterocycles. The lowest BCUT2D eigenvalue weighted by molar-refractivity contribution is 0.0955. The molecule has 0 bridgehead atoms. The van der Waals surface area contributed by atoms with Crippen LogP contribution in [-0.4, -0.2) is 12.5 Å². The number of aryl methyl sites for hydroxylation is 1. The Morgan fingerprint density at radius 1 is 1.57 bits per heavy atom.